The van der Waals surface area contributed by atoms with Gasteiger partial charge in [-0.15, -0.1) is 0 Å². The number of hydrogen-bond donors (Lipinski definition) is 1. The second-order valence-electron chi connectivity index (χ2n) is 7.26. The molecule has 1 amide bonds. The maximum absolute atomic E-state index is 12.7. The van der Waals surface area contributed by atoms with Crippen molar-refractivity contribution < 1.29 is 9.53 Å². The van der Waals surface area contributed by atoms with Gasteiger partial charge in [0, 0.05) is 0 Å². The summed E-state index contributed by atoms with van der Waals surface area (Å²) in [5.74, 6) is 1.46. The molecule has 0 aliphatic carbocycles. The molecule has 1 aliphatic heterocycles. The van der Waals surface area contributed by atoms with Crippen molar-refractivity contribution in [2.45, 2.75) is 39.2 Å². The molecule has 1 aliphatic rings. The van der Waals surface area contributed by atoms with Gasteiger partial charge < -0.3 is 10.1 Å². The fraction of sp³-hybridized carbons (Fsp3) is 0.435. The monoisotopic (exact) mass is 366 g/mol. The van der Waals surface area contributed by atoms with Gasteiger partial charge in [-0.05, 0) is 69.8 Å². The molecule has 3 rings (SSSR count). The first-order valence-corrected chi connectivity index (χ1v) is 9.98. The molecule has 2 aromatic carbocycles. The first kappa shape index (κ1) is 19.4. The number of amides is 1. The molecule has 0 unspecified atom stereocenters. The second-order valence-corrected chi connectivity index (χ2v) is 7.26. The lowest BCUT2D eigenvalue weighted by molar-refractivity contribution is -0.121. The van der Waals surface area contributed by atoms with Crippen LogP contribution in [0.1, 0.15) is 32.3 Å². The predicted octanol–water partition coefficient (Wildman–Crippen LogP) is 4.37. The number of rotatable bonds is 7. The number of nitrogens with one attached hydrogen (secondary N) is 1. The van der Waals surface area contributed by atoms with Crippen LogP contribution in [-0.2, 0) is 11.2 Å². The van der Waals surface area contributed by atoms with Crippen LogP contribution in [0.2, 0.25) is 0 Å². The molecule has 27 heavy (non-hydrogen) atoms. The summed E-state index contributed by atoms with van der Waals surface area (Å²) in [6.45, 7) is 6.47. The van der Waals surface area contributed by atoms with Gasteiger partial charge in [-0.25, -0.2) is 0 Å². The number of anilines is 1. The van der Waals surface area contributed by atoms with E-state index in [2.05, 4.69) is 40.5 Å². The van der Waals surface area contributed by atoms with Gasteiger partial charge in [0.1, 0.15) is 5.75 Å². The molecular weight excluding hydrogens is 336 g/mol. The first-order chi connectivity index (χ1) is 13.2. The summed E-state index contributed by atoms with van der Waals surface area (Å²) in [5.41, 5.74) is 2.16. The molecule has 1 heterocycles. The van der Waals surface area contributed by atoms with Gasteiger partial charge in [-0.1, -0.05) is 42.5 Å². The standard InChI is InChI=1S/C23H30N2O2/c1-3-27-22-12-8-7-11-21(22)24-23(26)18(2)25-15-13-20(14-16-25)17-19-9-5-4-6-10-19/h4-12,18,20H,3,13-17H2,1-2H3,(H,24,26)/t18-/m1/s1. The van der Waals surface area contributed by atoms with Gasteiger partial charge in [-0.2, -0.15) is 0 Å². The van der Waals surface area contributed by atoms with E-state index in [1.165, 1.54) is 5.56 Å². The smallest absolute Gasteiger partial charge is 0.241 e. The molecule has 0 saturated carbocycles. The Morgan fingerprint density at radius 1 is 1.11 bits per heavy atom. The molecule has 0 aromatic heterocycles. The molecule has 0 spiro atoms. The second kappa shape index (κ2) is 9.56. The van der Waals surface area contributed by atoms with Crippen molar-refractivity contribution in [3.63, 3.8) is 0 Å². The molecule has 4 heteroatoms. The summed E-state index contributed by atoms with van der Waals surface area (Å²) in [7, 11) is 0. The Morgan fingerprint density at radius 2 is 1.78 bits per heavy atom. The van der Waals surface area contributed by atoms with Crippen molar-refractivity contribution in [3.8, 4) is 5.75 Å². The number of benzene rings is 2. The van der Waals surface area contributed by atoms with Crippen LogP contribution in [0, 0.1) is 5.92 Å². The van der Waals surface area contributed by atoms with Crippen molar-refractivity contribution in [2.24, 2.45) is 5.92 Å². The average Bonchev–Trinajstić information content (AvgIpc) is 2.70. The third kappa shape index (κ3) is 5.33. The molecule has 144 valence electrons. The summed E-state index contributed by atoms with van der Waals surface area (Å²) in [5, 5.41) is 3.04. The van der Waals surface area contributed by atoms with Crippen LogP contribution < -0.4 is 10.1 Å². The number of nitrogens with zero attached hydrogens (tertiary/aromatic N) is 1. The molecule has 1 N–H and O–H groups in total. The lowest BCUT2D eigenvalue weighted by atomic mass is 9.89. The van der Waals surface area contributed by atoms with E-state index < -0.39 is 0 Å². The van der Waals surface area contributed by atoms with Gasteiger partial charge in [0.05, 0.1) is 18.3 Å². The van der Waals surface area contributed by atoms with E-state index in [1.54, 1.807) is 0 Å². The zero-order valence-corrected chi connectivity index (χ0v) is 16.4. The quantitative estimate of drug-likeness (QED) is 0.791. The van der Waals surface area contributed by atoms with Gasteiger partial charge in [0.2, 0.25) is 5.91 Å². The lowest BCUT2D eigenvalue weighted by Crippen LogP contribution is -2.46. The van der Waals surface area contributed by atoms with Crippen molar-refractivity contribution in [2.75, 3.05) is 25.0 Å². The molecule has 0 radical (unpaired) electrons. The number of piperidine rings is 1. The summed E-state index contributed by atoms with van der Waals surface area (Å²) < 4.78 is 5.61. The Labute approximate surface area is 162 Å². The third-order valence-corrected chi connectivity index (χ3v) is 5.39. The summed E-state index contributed by atoms with van der Waals surface area (Å²) in [6.07, 6.45) is 3.42. The van der Waals surface area contributed by atoms with Gasteiger partial charge in [-0.3, -0.25) is 9.69 Å². The highest BCUT2D eigenvalue weighted by Crippen LogP contribution is 2.26. The van der Waals surface area contributed by atoms with Crippen LogP contribution in [0.15, 0.2) is 54.6 Å². The Bertz CT molecular complexity index is 724. The van der Waals surface area contributed by atoms with Crippen LogP contribution in [-0.4, -0.2) is 36.5 Å². The van der Waals surface area contributed by atoms with Gasteiger partial charge in [0.15, 0.2) is 0 Å². The van der Waals surface area contributed by atoms with Crippen LogP contribution in [0.5, 0.6) is 5.75 Å². The van der Waals surface area contributed by atoms with Crippen molar-refractivity contribution in [1.82, 2.24) is 4.90 Å². The molecule has 4 nitrogen and oxygen atoms in total. The fourth-order valence-electron chi connectivity index (χ4n) is 3.75. The first-order valence-electron chi connectivity index (χ1n) is 9.98. The van der Waals surface area contributed by atoms with Crippen LogP contribution in [0.3, 0.4) is 0 Å². The number of carbonyl (C=O) groups is 1. The van der Waals surface area contributed by atoms with E-state index >= 15 is 0 Å². The summed E-state index contributed by atoms with van der Waals surface area (Å²) in [6, 6.07) is 18.2. The van der Waals surface area contributed by atoms with Crippen LogP contribution >= 0.6 is 0 Å². The zero-order chi connectivity index (χ0) is 19.1. The summed E-state index contributed by atoms with van der Waals surface area (Å²) >= 11 is 0. The maximum atomic E-state index is 12.7. The van der Waals surface area contributed by atoms with Crippen molar-refractivity contribution in [3.05, 3.63) is 60.2 Å². The number of para-hydroxylation sites is 2. The minimum Gasteiger partial charge on any atom is -0.492 e. The molecule has 2 aromatic rings. The van der Waals surface area contributed by atoms with Gasteiger partial charge >= 0.3 is 0 Å². The van der Waals surface area contributed by atoms with Crippen molar-refractivity contribution >= 4 is 11.6 Å². The Morgan fingerprint density at radius 3 is 2.48 bits per heavy atom. The topological polar surface area (TPSA) is 41.6 Å². The minimum atomic E-state index is -0.141. The molecule has 0 bridgehead atoms. The Kier molecular flexibility index (Phi) is 6.88. The SMILES string of the molecule is CCOc1ccccc1NC(=O)[C@@H](C)N1CCC(Cc2ccccc2)CC1. The van der Waals surface area contributed by atoms with E-state index in [1.807, 2.05) is 38.1 Å². The van der Waals surface area contributed by atoms with E-state index in [0.29, 0.717) is 12.5 Å². The number of hydrogen-bond acceptors (Lipinski definition) is 3. The Hall–Kier alpha value is -2.33. The van der Waals surface area contributed by atoms with Crippen LogP contribution in [0.25, 0.3) is 0 Å². The average molecular weight is 367 g/mol. The number of likely N-dealkylation sites (tertiary alicyclic amines) is 1. The molecule has 1 fully saturated rings. The van der Waals surface area contributed by atoms with E-state index in [-0.39, 0.29) is 11.9 Å². The Balaban J connectivity index is 1.51. The number of carbonyl (C=O) groups excluding carboxylic acids is 1. The molecular formula is C23H30N2O2. The maximum Gasteiger partial charge on any atom is 0.241 e. The van der Waals surface area contributed by atoms with Crippen molar-refractivity contribution in [1.29, 1.82) is 0 Å². The van der Waals surface area contributed by atoms with Crippen LogP contribution in [0.4, 0.5) is 5.69 Å². The highest BCUT2D eigenvalue weighted by molar-refractivity contribution is 5.95. The predicted molar refractivity (Wildman–Crippen MR) is 110 cm³/mol. The van der Waals surface area contributed by atoms with E-state index in [9.17, 15) is 4.79 Å². The van der Waals surface area contributed by atoms with Gasteiger partial charge in [0.25, 0.3) is 0 Å². The normalized spacial score (nSPS) is 16.7. The van der Waals surface area contributed by atoms with E-state index in [0.717, 1.165) is 43.8 Å². The fourth-order valence-corrected chi connectivity index (χ4v) is 3.75. The molecule has 1 saturated heterocycles. The lowest BCUT2D eigenvalue weighted by Gasteiger charge is -2.35. The minimum absolute atomic E-state index is 0.0312. The summed E-state index contributed by atoms with van der Waals surface area (Å²) in [4.78, 5) is 15.0. The molecule has 1 atom stereocenters. The largest absolute Gasteiger partial charge is 0.492 e. The zero-order valence-electron chi connectivity index (χ0n) is 16.4. The highest BCUT2D eigenvalue weighted by Gasteiger charge is 2.27. The number of ether oxygens (including phenoxy) is 1. The highest BCUT2D eigenvalue weighted by atomic mass is 16.5. The van der Waals surface area contributed by atoms with E-state index in [4.69, 9.17) is 4.74 Å². The third-order valence-electron chi connectivity index (χ3n) is 5.39.